The van der Waals surface area contributed by atoms with Crippen molar-refractivity contribution in [1.29, 1.82) is 0 Å². The summed E-state index contributed by atoms with van der Waals surface area (Å²) >= 11 is 0. The second-order valence-electron chi connectivity index (χ2n) is 6.10. The molecule has 1 aromatic carbocycles. The third-order valence-corrected chi connectivity index (χ3v) is 4.43. The second kappa shape index (κ2) is 8.17. The average molecular weight is 401 g/mol. The van der Waals surface area contributed by atoms with Gasteiger partial charge in [0.05, 0.1) is 37.3 Å². The summed E-state index contributed by atoms with van der Waals surface area (Å²) in [5.74, 6) is -2.38. The molecule has 1 atom stereocenters. The first-order valence-electron chi connectivity index (χ1n) is 8.78. The summed E-state index contributed by atoms with van der Waals surface area (Å²) in [7, 11) is 2.29. The predicted molar refractivity (Wildman–Crippen MR) is 102 cm³/mol. The van der Waals surface area contributed by atoms with Gasteiger partial charge in [-0.15, -0.1) is 0 Å². The average Bonchev–Trinajstić information content (AvgIpc) is 2.73. The van der Waals surface area contributed by atoms with E-state index >= 15 is 0 Å². The normalized spacial score (nSPS) is 15.3. The van der Waals surface area contributed by atoms with E-state index < -0.39 is 35.9 Å². The maximum Gasteiger partial charge on any atom is 0.336 e. The molecule has 0 fully saturated rings. The topological polar surface area (TPSA) is 112 Å². The molecule has 2 aromatic rings. The van der Waals surface area contributed by atoms with Crippen LogP contribution in [0.3, 0.4) is 0 Å². The smallest absolute Gasteiger partial charge is 0.336 e. The Kier molecular flexibility index (Phi) is 5.67. The van der Waals surface area contributed by atoms with E-state index in [9.17, 15) is 19.2 Å². The number of carbonyl (C=O) groups is 3. The first-order chi connectivity index (χ1) is 13.9. The molecule has 2 heterocycles. The second-order valence-corrected chi connectivity index (χ2v) is 6.10. The number of para-hydroxylation sites is 1. The van der Waals surface area contributed by atoms with Crippen LogP contribution in [-0.4, -0.2) is 51.3 Å². The fourth-order valence-electron chi connectivity index (χ4n) is 3.17. The Labute approximate surface area is 165 Å². The third-order valence-electron chi connectivity index (χ3n) is 4.43. The summed E-state index contributed by atoms with van der Waals surface area (Å²) in [6, 6.07) is 5.17. The van der Waals surface area contributed by atoms with Crippen LogP contribution in [0.2, 0.25) is 0 Å². The highest BCUT2D eigenvalue weighted by Gasteiger charge is 2.42. The number of nitrogens with zero attached hydrogens (tertiary/aromatic N) is 1. The zero-order valence-electron chi connectivity index (χ0n) is 16.1. The van der Waals surface area contributed by atoms with E-state index in [0.29, 0.717) is 5.39 Å². The van der Waals surface area contributed by atoms with Gasteiger partial charge >= 0.3 is 17.9 Å². The number of benzene rings is 1. The minimum atomic E-state index is -1.35. The molecule has 0 N–H and O–H groups in total. The summed E-state index contributed by atoms with van der Waals surface area (Å²) in [5.41, 5.74) is -0.281. The summed E-state index contributed by atoms with van der Waals surface area (Å²) in [6.07, 6.45) is 1.24. The minimum absolute atomic E-state index is 0.0218. The van der Waals surface area contributed by atoms with E-state index in [0.717, 1.165) is 14.2 Å². The summed E-state index contributed by atoms with van der Waals surface area (Å²) in [5, 5.41) is 0.291. The molecule has 29 heavy (non-hydrogen) atoms. The highest BCUT2D eigenvalue weighted by molar-refractivity contribution is 6.06. The highest BCUT2D eigenvalue weighted by atomic mass is 16.5. The van der Waals surface area contributed by atoms with Gasteiger partial charge in [0, 0.05) is 0 Å². The van der Waals surface area contributed by atoms with Crippen LogP contribution in [0.4, 0.5) is 5.88 Å². The highest BCUT2D eigenvalue weighted by Crippen LogP contribution is 2.34. The van der Waals surface area contributed by atoms with Gasteiger partial charge in [-0.05, 0) is 25.1 Å². The molecule has 152 valence electrons. The van der Waals surface area contributed by atoms with Crippen LogP contribution in [0, 0.1) is 0 Å². The van der Waals surface area contributed by atoms with E-state index in [2.05, 4.69) is 0 Å². The SMILES string of the molecule is CCOC(=O)CN1c2oc3ccccc3c(=O)c2C=C(C(=O)OC)C1C(=O)OC. The van der Waals surface area contributed by atoms with Crippen LogP contribution in [-0.2, 0) is 28.6 Å². The lowest BCUT2D eigenvalue weighted by atomic mass is 9.96. The zero-order chi connectivity index (χ0) is 21.1. The van der Waals surface area contributed by atoms with Crippen LogP contribution in [0.1, 0.15) is 12.5 Å². The Morgan fingerprint density at radius 3 is 2.52 bits per heavy atom. The number of methoxy groups -OCH3 is 2. The van der Waals surface area contributed by atoms with Gasteiger partial charge < -0.3 is 23.5 Å². The monoisotopic (exact) mass is 401 g/mol. The van der Waals surface area contributed by atoms with Crippen molar-refractivity contribution in [1.82, 2.24) is 0 Å². The largest absolute Gasteiger partial charge is 0.467 e. The molecule has 1 unspecified atom stereocenters. The lowest BCUT2D eigenvalue weighted by Crippen LogP contribution is -2.50. The number of carbonyl (C=O) groups excluding carboxylic acids is 3. The van der Waals surface area contributed by atoms with Crippen LogP contribution in [0.5, 0.6) is 0 Å². The Balaban J connectivity index is 2.30. The predicted octanol–water partition coefficient (Wildman–Crippen LogP) is 1.27. The van der Waals surface area contributed by atoms with Gasteiger partial charge in [-0.3, -0.25) is 9.59 Å². The number of fused-ring (bicyclic) bond motifs is 2. The van der Waals surface area contributed by atoms with Crippen LogP contribution < -0.4 is 10.3 Å². The van der Waals surface area contributed by atoms with Crippen molar-refractivity contribution >= 4 is 40.8 Å². The first kappa shape index (κ1) is 20.1. The van der Waals surface area contributed by atoms with Crippen LogP contribution in [0.15, 0.2) is 39.1 Å². The fraction of sp³-hybridized carbons (Fsp3) is 0.300. The van der Waals surface area contributed by atoms with Gasteiger partial charge in [0.1, 0.15) is 12.1 Å². The first-order valence-corrected chi connectivity index (χ1v) is 8.78. The lowest BCUT2D eigenvalue weighted by Gasteiger charge is -2.34. The number of anilines is 1. The van der Waals surface area contributed by atoms with Gasteiger partial charge in [0.25, 0.3) is 0 Å². The summed E-state index contributed by atoms with van der Waals surface area (Å²) in [4.78, 5) is 51.3. The number of ether oxygens (including phenoxy) is 3. The summed E-state index contributed by atoms with van der Waals surface area (Å²) < 4.78 is 20.4. The van der Waals surface area contributed by atoms with Gasteiger partial charge in [-0.2, -0.15) is 0 Å². The maximum absolute atomic E-state index is 13.0. The molecule has 0 spiro atoms. The molecule has 0 saturated heterocycles. The molecule has 1 aromatic heterocycles. The van der Waals surface area contributed by atoms with Crippen molar-refractivity contribution in [3.8, 4) is 0 Å². The molecular formula is C20H19NO8. The van der Waals surface area contributed by atoms with E-state index in [-0.39, 0.29) is 29.2 Å². The quantitative estimate of drug-likeness (QED) is 0.540. The van der Waals surface area contributed by atoms with Gasteiger partial charge in [-0.25, -0.2) is 9.59 Å². The molecule has 0 bridgehead atoms. The Bertz CT molecular complexity index is 1070. The number of esters is 3. The van der Waals surface area contributed by atoms with Gasteiger partial charge in [0.2, 0.25) is 11.3 Å². The maximum atomic E-state index is 13.0. The molecule has 0 radical (unpaired) electrons. The summed E-state index contributed by atoms with van der Waals surface area (Å²) in [6.45, 7) is 1.30. The van der Waals surface area contributed by atoms with E-state index in [1.54, 1.807) is 31.2 Å². The molecule has 0 saturated carbocycles. The molecule has 1 aliphatic heterocycles. The van der Waals surface area contributed by atoms with Crippen molar-refractivity contribution < 1.29 is 33.0 Å². The van der Waals surface area contributed by atoms with Crippen molar-refractivity contribution in [3.63, 3.8) is 0 Å². The van der Waals surface area contributed by atoms with Gasteiger partial charge in [-0.1, -0.05) is 12.1 Å². The molecule has 0 amide bonds. The van der Waals surface area contributed by atoms with E-state index in [1.165, 1.54) is 11.0 Å². The molecule has 0 aliphatic carbocycles. The van der Waals surface area contributed by atoms with Crippen molar-refractivity contribution in [2.45, 2.75) is 13.0 Å². The zero-order valence-corrected chi connectivity index (χ0v) is 16.1. The van der Waals surface area contributed by atoms with Gasteiger partial charge in [0.15, 0.2) is 6.04 Å². The number of rotatable bonds is 5. The molecule has 9 heteroatoms. The number of hydrogen-bond acceptors (Lipinski definition) is 9. The van der Waals surface area contributed by atoms with Crippen LogP contribution in [0.25, 0.3) is 17.0 Å². The Morgan fingerprint density at radius 2 is 1.86 bits per heavy atom. The van der Waals surface area contributed by atoms with Crippen molar-refractivity contribution in [2.75, 3.05) is 32.3 Å². The molecule has 3 rings (SSSR count). The molecular weight excluding hydrogens is 382 g/mol. The van der Waals surface area contributed by atoms with Crippen molar-refractivity contribution in [2.24, 2.45) is 0 Å². The molecule has 1 aliphatic rings. The van der Waals surface area contributed by atoms with Crippen LogP contribution >= 0.6 is 0 Å². The van der Waals surface area contributed by atoms with E-state index in [1.807, 2.05) is 0 Å². The molecule has 9 nitrogen and oxygen atoms in total. The standard InChI is InChI=1S/C20H19NO8/c1-4-28-15(22)10-21-16(20(25)27-3)12(19(24)26-2)9-13-17(23)11-7-5-6-8-14(11)29-18(13)21/h5-9,16H,4,10H2,1-3H3. The Morgan fingerprint density at radius 1 is 1.14 bits per heavy atom. The minimum Gasteiger partial charge on any atom is -0.467 e. The van der Waals surface area contributed by atoms with E-state index in [4.69, 9.17) is 18.6 Å². The lowest BCUT2D eigenvalue weighted by molar-refractivity contribution is -0.145. The fourth-order valence-corrected chi connectivity index (χ4v) is 3.17. The number of hydrogen-bond donors (Lipinski definition) is 0. The Hall–Kier alpha value is -3.62. The van der Waals surface area contributed by atoms with Crippen molar-refractivity contribution in [3.05, 3.63) is 45.6 Å². The third kappa shape index (κ3) is 3.58.